The van der Waals surface area contributed by atoms with Gasteiger partial charge in [-0.1, -0.05) is 29.8 Å². The summed E-state index contributed by atoms with van der Waals surface area (Å²) < 4.78 is 0.982. The zero-order chi connectivity index (χ0) is 15.7. The van der Waals surface area contributed by atoms with Gasteiger partial charge in [-0.15, -0.1) is 0 Å². The summed E-state index contributed by atoms with van der Waals surface area (Å²) in [5.74, 6) is -0.0804. The normalized spacial score (nSPS) is 22.4. The molecule has 1 saturated heterocycles. The Morgan fingerprint density at radius 1 is 1.14 bits per heavy atom. The molecule has 114 valence electrons. The molecule has 0 bridgehead atoms. The van der Waals surface area contributed by atoms with Gasteiger partial charge < -0.3 is 5.32 Å². The summed E-state index contributed by atoms with van der Waals surface area (Å²) in [6.07, 6.45) is 1.20. The number of rotatable bonds is 3. The van der Waals surface area contributed by atoms with E-state index in [1.165, 1.54) is 0 Å². The second-order valence-electron chi connectivity index (χ2n) is 5.49. The van der Waals surface area contributed by atoms with Crippen LogP contribution < -0.4 is 10.2 Å². The quantitative estimate of drug-likeness (QED) is 0.908. The van der Waals surface area contributed by atoms with Crippen LogP contribution in [0.2, 0.25) is 0 Å². The summed E-state index contributed by atoms with van der Waals surface area (Å²) in [6, 6.07) is 3.10. The lowest BCUT2D eigenvalue weighted by Crippen LogP contribution is -2.63. The number of piperazine rings is 1. The average Bonchev–Trinajstić information content (AvgIpc) is 2.41. The molecule has 2 amide bonds. The van der Waals surface area contributed by atoms with E-state index in [4.69, 9.17) is 0 Å². The molecule has 0 spiro atoms. The molecule has 1 aliphatic rings. The monoisotopic (exact) mass is 352 g/mol. The van der Waals surface area contributed by atoms with Crippen LogP contribution in [0, 0.1) is 13.8 Å². The second kappa shape index (κ2) is 6.18. The first-order valence-electron chi connectivity index (χ1n) is 7.30. The number of carbonyl (C=O) groups excluding carboxylic acids is 2. The van der Waals surface area contributed by atoms with E-state index in [9.17, 15) is 9.59 Å². The summed E-state index contributed by atoms with van der Waals surface area (Å²) in [5, 5.41) is 2.83. The number of halogens is 1. The van der Waals surface area contributed by atoms with Crippen LogP contribution in [0.25, 0.3) is 0 Å². The van der Waals surface area contributed by atoms with Crippen LogP contribution in [-0.4, -0.2) is 23.9 Å². The van der Waals surface area contributed by atoms with Crippen molar-refractivity contribution in [1.82, 2.24) is 5.32 Å². The van der Waals surface area contributed by atoms with Gasteiger partial charge >= 0.3 is 0 Å². The van der Waals surface area contributed by atoms with Crippen molar-refractivity contribution in [1.29, 1.82) is 0 Å². The van der Waals surface area contributed by atoms with Crippen LogP contribution in [0.15, 0.2) is 16.6 Å². The zero-order valence-corrected chi connectivity index (χ0v) is 14.5. The Labute approximate surface area is 134 Å². The number of nitrogens with zero attached hydrogens (tertiary/aromatic N) is 1. The summed E-state index contributed by atoms with van der Waals surface area (Å²) in [5.41, 5.74) is 2.86. The van der Waals surface area contributed by atoms with Gasteiger partial charge in [-0.2, -0.15) is 0 Å². The third-order valence-electron chi connectivity index (χ3n) is 3.96. The molecule has 1 aromatic rings. The van der Waals surface area contributed by atoms with E-state index in [0.717, 1.165) is 21.3 Å². The minimum Gasteiger partial charge on any atom is -0.342 e. The van der Waals surface area contributed by atoms with Gasteiger partial charge in [-0.25, -0.2) is 0 Å². The van der Waals surface area contributed by atoms with Crippen LogP contribution in [-0.2, 0) is 9.59 Å². The molecule has 0 saturated carbocycles. The lowest BCUT2D eigenvalue weighted by Gasteiger charge is -2.39. The number of anilines is 1. The molecular weight excluding hydrogens is 332 g/mol. The van der Waals surface area contributed by atoms with E-state index in [-0.39, 0.29) is 11.8 Å². The van der Waals surface area contributed by atoms with Crippen LogP contribution in [0.4, 0.5) is 5.69 Å². The molecule has 2 unspecified atom stereocenters. The van der Waals surface area contributed by atoms with E-state index < -0.39 is 12.1 Å². The predicted octanol–water partition coefficient (Wildman–Crippen LogP) is 3.09. The summed E-state index contributed by atoms with van der Waals surface area (Å²) in [7, 11) is 0. The Morgan fingerprint density at radius 3 is 2.19 bits per heavy atom. The molecule has 1 aromatic carbocycles. The van der Waals surface area contributed by atoms with Crippen LogP contribution in [0.1, 0.15) is 37.8 Å². The molecule has 1 aliphatic heterocycles. The Balaban J connectivity index is 2.57. The lowest BCUT2D eigenvalue weighted by molar-refractivity contribution is -0.134. The third kappa shape index (κ3) is 2.84. The molecule has 5 heteroatoms. The van der Waals surface area contributed by atoms with Crippen LogP contribution in [0.3, 0.4) is 0 Å². The first kappa shape index (κ1) is 16.0. The highest BCUT2D eigenvalue weighted by molar-refractivity contribution is 9.10. The molecular formula is C16H21BrN2O2. The Morgan fingerprint density at radius 2 is 1.71 bits per heavy atom. The van der Waals surface area contributed by atoms with E-state index in [0.29, 0.717) is 12.8 Å². The number of nitrogens with one attached hydrogen (secondary N) is 1. The van der Waals surface area contributed by atoms with Crippen molar-refractivity contribution in [2.75, 3.05) is 4.90 Å². The van der Waals surface area contributed by atoms with Crippen molar-refractivity contribution in [3.63, 3.8) is 0 Å². The molecule has 2 atom stereocenters. The van der Waals surface area contributed by atoms with E-state index >= 15 is 0 Å². The number of amides is 2. The molecule has 4 nitrogen and oxygen atoms in total. The summed E-state index contributed by atoms with van der Waals surface area (Å²) >= 11 is 3.47. The van der Waals surface area contributed by atoms with Gasteiger partial charge in [0.2, 0.25) is 11.8 Å². The van der Waals surface area contributed by atoms with Gasteiger partial charge in [0, 0.05) is 4.47 Å². The topological polar surface area (TPSA) is 49.4 Å². The van der Waals surface area contributed by atoms with Crippen molar-refractivity contribution in [3.8, 4) is 0 Å². The molecule has 1 heterocycles. The fourth-order valence-corrected chi connectivity index (χ4v) is 3.65. The first-order valence-corrected chi connectivity index (χ1v) is 8.10. The number of carbonyl (C=O) groups is 2. The maximum atomic E-state index is 12.8. The smallest absolute Gasteiger partial charge is 0.250 e. The van der Waals surface area contributed by atoms with Gasteiger partial charge in [0.15, 0.2) is 0 Å². The van der Waals surface area contributed by atoms with E-state index in [1.54, 1.807) is 4.90 Å². The standard InChI is InChI=1S/C16H21BrN2O2/c1-5-12-16(21)19(13(6-2)15(20)18-12)14-9(3)7-11(17)8-10(14)4/h7-8,12-13H,5-6H2,1-4H3,(H,18,20). The Kier molecular flexibility index (Phi) is 4.71. The Bertz CT molecular complexity index is 563. The molecule has 2 rings (SSSR count). The molecule has 0 aromatic heterocycles. The van der Waals surface area contributed by atoms with Gasteiger partial charge in [0.25, 0.3) is 0 Å². The predicted molar refractivity (Wildman–Crippen MR) is 87.4 cm³/mol. The molecule has 1 fully saturated rings. The van der Waals surface area contributed by atoms with Crippen molar-refractivity contribution in [2.45, 2.75) is 52.6 Å². The first-order chi connectivity index (χ1) is 9.90. The van der Waals surface area contributed by atoms with Crippen molar-refractivity contribution in [2.24, 2.45) is 0 Å². The fraction of sp³-hybridized carbons (Fsp3) is 0.500. The highest BCUT2D eigenvalue weighted by Crippen LogP contribution is 2.32. The van der Waals surface area contributed by atoms with Crippen LogP contribution in [0.5, 0.6) is 0 Å². The minimum atomic E-state index is -0.432. The minimum absolute atomic E-state index is 0.0162. The van der Waals surface area contributed by atoms with E-state index in [2.05, 4.69) is 21.2 Å². The zero-order valence-electron chi connectivity index (χ0n) is 12.9. The largest absolute Gasteiger partial charge is 0.342 e. The molecule has 1 N–H and O–H groups in total. The molecule has 0 radical (unpaired) electrons. The van der Waals surface area contributed by atoms with Gasteiger partial charge in [-0.3, -0.25) is 14.5 Å². The SMILES string of the molecule is CCC1NC(=O)C(CC)N(c2c(C)cc(Br)cc2C)C1=O. The maximum Gasteiger partial charge on any atom is 0.250 e. The number of hydrogen-bond acceptors (Lipinski definition) is 2. The van der Waals surface area contributed by atoms with Crippen molar-refractivity contribution in [3.05, 3.63) is 27.7 Å². The molecule has 21 heavy (non-hydrogen) atoms. The van der Waals surface area contributed by atoms with Crippen molar-refractivity contribution >= 4 is 33.4 Å². The van der Waals surface area contributed by atoms with E-state index in [1.807, 2.05) is 39.8 Å². The van der Waals surface area contributed by atoms with Gasteiger partial charge in [0.05, 0.1) is 5.69 Å². The Hall–Kier alpha value is -1.36. The highest BCUT2D eigenvalue weighted by Gasteiger charge is 2.40. The van der Waals surface area contributed by atoms with Crippen LogP contribution >= 0.6 is 15.9 Å². The average molecular weight is 353 g/mol. The highest BCUT2D eigenvalue weighted by atomic mass is 79.9. The van der Waals surface area contributed by atoms with Gasteiger partial charge in [0.1, 0.15) is 12.1 Å². The molecule has 0 aliphatic carbocycles. The lowest BCUT2D eigenvalue weighted by atomic mass is 9.99. The summed E-state index contributed by atoms with van der Waals surface area (Å²) in [4.78, 5) is 26.8. The number of aryl methyl sites for hydroxylation is 2. The van der Waals surface area contributed by atoms with Crippen molar-refractivity contribution < 1.29 is 9.59 Å². The maximum absolute atomic E-state index is 12.8. The summed E-state index contributed by atoms with van der Waals surface area (Å²) in [6.45, 7) is 7.79. The fourth-order valence-electron chi connectivity index (χ4n) is 2.96. The number of benzene rings is 1. The third-order valence-corrected chi connectivity index (χ3v) is 4.42. The van der Waals surface area contributed by atoms with Gasteiger partial charge in [-0.05, 0) is 49.9 Å². The number of hydrogen-bond donors (Lipinski definition) is 1. The second-order valence-corrected chi connectivity index (χ2v) is 6.41.